The number of hydrogen-bond donors (Lipinski definition) is 2. The van der Waals surface area contributed by atoms with Gasteiger partial charge in [0.1, 0.15) is 0 Å². The molecule has 7 heteroatoms. The summed E-state index contributed by atoms with van der Waals surface area (Å²) in [7, 11) is -3.75. The van der Waals surface area contributed by atoms with Gasteiger partial charge in [0.2, 0.25) is 15.9 Å². The maximum absolute atomic E-state index is 13.0. The number of aryl methyl sites for hydroxylation is 1. The van der Waals surface area contributed by atoms with Crippen LogP contribution in [0.5, 0.6) is 0 Å². The molecule has 1 fully saturated rings. The zero-order valence-electron chi connectivity index (χ0n) is 14.6. The topological polar surface area (TPSA) is 75.3 Å². The number of carbonyl (C=O) groups is 1. The lowest BCUT2D eigenvalue weighted by Crippen LogP contribution is -2.30. The molecule has 3 rings (SSSR count). The van der Waals surface area contributed by atoms with Crippen LogP contribution >= 0.6 is 11.6 Å². The second kappa shape index (κ2) is 7.39. The summed E-state index contributed by atoms with van der Waals surface area (Å²) in [5.41, 5.74) is 1.98. The van der Waals surface area contributed by atoms with Gasteiger partial charge in [-0.05, 0) is 61.1 Å². The Hall–Kier alpha value is -1.89. The van der Waals surface area contributed by atoms with E-state index in [2.05, 4.69) is 10.0 Å². The maximum atomic E-state index is 13.0. The van der Waals surface area contributed by atoms with E-state index in [9.17, 15) is 13.2 Å². The third kappa shape index (κ3) is 4.44. The van der Waals surface area contributed by atoms with E-state index in [1.54, 1.807) is 31.2 Å². The van der Waals surface area contributed by atoms with Crippen molar-refractivity contribution < 1.29 is 13.2 Å². The van der Waals surface area contributed by atoms with Crippen LogP contribution in [0.4, 0.5) is 5.69 Å². The molecule has 26 heavy (non-hydrogen) atoms. The number of nitrogens with one attached hydrogen (secondary N) is 2. The Morgan fingerprint density at radius 2 is 1.81 bits per heavy atom. The van der Waals surface area contributed by atoms with Gasteiger partial charge in [-0.15, -0.1) is 0 Å². The molecule has 1 saturated carbocycles. The lowest BCUT2D eigenvalue weighted by Gasteiger charge is -2.20. The number of halogens is 1. The van der Waals surface area contributed by atoms with Crippen LogP contribution in [0.2, 0.25) is 5.02 Å². The summed E-state index contributed by atoms with van der Waals surface area (Å²) in [6, 6.07) is 11.8. The summed E-state index contributed by atoms with van der Waals surface area (Å²) in [4.78, 5) is 11.4. The van der Waals surface area contributed by atoms with Crippen molar-refractivity contribution in [1.29, 1.82) is 0 Å². The number of anilines is 1. The van der Waals surface area contributed by atoms with Crippen molar-refractivity contribution in [3.8, 4) is 0 Å². The minimum Gasteiger partial charge on any atom is -0.326 e. The van der Waals surface area contributed by atoms with Gasteiger partial charge in [0.25, 0.3) is 0 Å². The molecule has 0 aromatic heterocycles. The fraction of sp³-hybridized carbons (Fsp3) is 0.316. The SMILES string of the molecule is CC(=O)Nc1ccc(C)c(S(=O)(=O)NC(c2ccc(Cl)cc2)C2CC2)c1. The quantitative estimate of drug-likeness (QED) is 0.779. The zero-order chi connectivity index (χ0) is 18.9. The first-order valence-corrected chi connectivity index (χ1v) is 10.3. The van der Waals surface area contributed by atoms with Crippen LogP contribution in [-0.2, 0) is 14.8 Å². The van der Waals surface area contributed by atoms with Crippen molar-refractivity contribution in [2.75, 3.05) is 5.32 Å². The van der Waals surface area contributed by atoms with Crippen LogP contribution in [0.3, 0.4) is 0 Å². The Morgan fingerprint density at radius 1 is 1.15 bits per heavy atom. The van der Waals surface area contributed by atoms with E-state index in [0.717, 1.165) is 18.4 Å². The van der Waals surface area contributed by atoms with Gasteiger partial charge < -0.3 is 5.32 Å². The minimum absolute atomic E-state index is 0.170. The second-order valence-corrected chi connectivity index (χ2v) is 8.77. The Labute approximate surface area is 158 Å². The van der Waals surface area contributed by atoms with Gasteiger partial charge >= 0.3 is 0 Å². The van der Waals surface area contributed by atoms with Gasteiger partial charge in [-0.2, -0.15) is 0 Å². The second-order valence-electron chi connectivity index (χ2n) is 6.65. The monoisotopic (exact) mass is 392 g/mol. The number of benzene rings is 2. The molecule has 0 bridgehead atoms. The summed E-state index contributed by atoms with van der Waals surface area (Å²) < 4.78 is 28.9. The predicted octanol–water partition coefficient (Wildman–Crippen LogP) is 4.04. The average Bonchev–Trinajstić information content (AvgIpc) is 3.40. The smallest absolute Gasteiger partial charge is 0.241 e. The first-order chi connectivity index (χ1) is 12.3. The van der Waals surface area contributed by atoms with E-state index in [1.165, 1.54) is 13.0 Å². The van der Waals surface area contributed by atoms with Crippen molar-refractivity contribution >= 4 is 33.2 Å². The van der Waals surface area contributed by atoms with Crippen LogP contribution in [0.15, 0.2) is 47.4 Å². The van der Waals surface area contributed by atoms with Gasteiger partial charge in [0.15, 0.2) is 0 Å². The number of hydrogen-bond acceptors (Lipinski definition) is 3. The summed E-state index contributed by atoms with van der Waals surface area (Å²) in [6.07, 6.45) is 1.97. The third-order valence-electron chi connectivity index (χ3n) is 4.40. The molecule has 1 atom stereocenters. The predicted molar refractivity (Wildman–Crippen MR) is 103 cm³/mol. The minimum atomic E-state index is -3.75. The first kappa shape index (κ1) is 18.9. The van der Waals surface area contributed by atoms with E-state index in [0.29, 0.717) is 16.3 Å². The molecule has 0 heterocycles. The van der Waals surface area contributed by atoms with Crippen LogP contribution < -0.4 is 10.0 Å². The molecule has 5 nitrogen and oxygen atoms in total. The van der Waals surface area contributed by atoms with Gasteiger partial charge in [-0.3, -0.25) is 4.79 Å². The maximum Gasteiger partial charge on any atom is 0.241 e. The van der Waals surface area contributed by atoms with Crippen molar-refractivity contribution in [3.05, 3.63) is 58.6 Å². The van der Waals surface area contributed by atoms with Crippen molar-refractivity contribution in [2.24, 2.45) is 5.92 Å². The Morgan fingerprint density at radius 3 is 2.38 bits per heavy atom. The van der Waals surface area contributed by atoms with E-state index in [1.807, 2.05) is 12.1 Å². The molecule has 138 valence electrons. The Balaban J connectivity index is 1.91. The molecule has 1 unspecified atom stereocenters. The highest BCUT2D eigenvalue weighted by Gasteiger charge is 2.35. The van der Waals surface area contributed by atoms with E-state index >= 15 is 0 Å². The Kier molecular flexibility index (Phi) is 5.37. The van der Waals surface area contributed by atoms with Crippen LogP contribution in [0.25, 0.3) is 0 Å². The molecule has 0 aliphatic heterocycles. The first-order valence-electron chi connectivity index (χ1n) is 8.42. The van der Waals surface area contributed by atoms with E-state index in [-0.39, 0.29) is 22.8 Å². The molecule has 1 aliphatic carbocycles. The van der Waals surface area contributed by atoms with Crippen molar-refractivity contribution in [3.63, 3.8) is 0 Å². The van der Waals surface area contributed by atoms with Crippen LogP contribution in [-0.4, -0.2) is 14.3 Å². The summed E-state index contributed by atoms with van der Waals surface area (Å²) >= 11 is 5.95. The summed E-state index contributed by atoms with van der Waals surface area (Å²) in [5.74, 6) is 0.0342. The highest BCUT2D eigenvalue weighted by atomic mass is 35.5. The highest BCUT2D eigenvalue weighted by molar-refractivity contribution is 7.89. The summed E-state index contributed by atoms with van der Waals surface area (Å²) in [6.45, 7) is 3.12. The fourth-order valence-electron chi connectivity index (χ4n) is 2.94. The number of rotatable bonds is 6. The largest absolute Gasteiger partial charge is 0.326 e. The highest BCUT2D eigenvalue weighted by Crippen LogP contribution is 2.42. The van der Waals surface area contributed by atoms with Crippen molar-refractivity contribution in [1.82, 2.24) is 4.72 Å². The van der Waals surface area contributed by atoms with Crippen LogP contribution in [0.1, 0.15) is 36.9 Å². The molecule has 2 aromatic rings. The normalized spacial score (nSPS) is 15.5. The molecular weight excluding hydrogens is 372 g/mol. The molecule has 2 N–H and O–H groups in total. The fourth-order valence-corrected chi connectivity index (χ4v) is 4.63. The van der Waals surface area contributed by atoms with Gasteiger partial charge in [0, 0.05) is 23.7 Å². The summed E-state index contributed by atoms with van der Waals surface area (Å²) in [5, 5.41) is 3.24. The van der Waals surface area contributed by atoms with Gasteiger partial charge in [0.05, 0.1) is 4.90 Å². The third-order valence-corrected chi connectivity index (χ3v) is 6.24. The van der Waals surface area contributed by atoms with Crippen molar-refractivity contribution in [2.45, 2.75) is 37.6 Å². The van der Waals surface area contributed by atoms with E-state index < -0.39 is 10.0 Å². The zero-order valence-corrected chi connectivity index (χ0v) is 16.2. The lowest BCUT2D eigenvalue weighted by molar-refractivity contribution is -0.114. The molecule has 0 radical (unpaired) electrons. The lowest BCUT2D eigenvalue weighted by atomic mass is 10.0. The number of sulfonamides is 1. The Bertz CT molecular complexity index is 922. The molecule has 2 aromatic carbocycles. The van der Waals surface area contributed by atoms with Gasteiger partial charge in [-0.1, -0.05) is 29.8 Å². The molecule has 0 spiro atoms. The number of amides is 1. The number of carbonyl (C=O) groups excluding carboxylic acids is 1. The molecule has 1 aliphatic rings. The molecule has 1 amide bonds. The molecular formula is C19H21ClN2O3S. The average molecular weight is 393 g/mol. The van der Waals surface area contributed by atoms with Crippen LogP contribution in [0, 0.1) is 12.8 Å². The standard InChI is InChI=1S/C19H21ClN2O3S/c1-12-3-10-17(21-13(2)23)11-18(12)26(24,25)22-19(14-4-5-14)15-6-8-16(20)9-7-15/h3,6-11,14,19,22H,4-5H2,1-2H3,(H,21,23). The van der Waals surface area contributed by atoms with Gasteiger partial charge in [-0.25, -0.2) is 13.1 Å². The van der Waals surface area contributed by atoms with E-state index in [4.69, 9.17) is 11.6 Å². The molecule has 0 saturated heterocycles.